The lowest BCUT2D eigenvalue weighted by atomic mass is 9.92. The van der Waals surface area contributed by atoms with E-state index in [1.54, 1.807) is 13.0 Å². The van der Waals surface area contributed by atoms with Crippen LogP contribution in [0.4, 0.5) is 0 Å². The third kappa shape index (κ3) is 10.9. The van der Waals surface area contributed by atoms with Crippen molar-refractivity contribution < 1.29 is 34.4 Å². The first-order valence-electron chi connectivity index (χ1n) is 11.2. The Morgan fingerprint density at radius 2 is 1.73 bits per heavy atom. The standard InChI is InChI=1S/C25H39NO7/c1-17(24(31)26-14-9-15-33-18-10-7-6-8-11-18)16-20(28)23(32-5)22(30)21(29)19(27)12-13-25(2,3)4/h6-8,10-13,17,19,21-23,27,29-30H,9,14-16H2,1-5H3,(H,26,31)/b13-12+/t17-,19-,21+,22-,23+/m1/s1. The van der Waals surface area contributed by atoms with Crippen molar-refractivity contribution in [2.75, 3.05) is 20.3 Å². The van der Waals surface area contributed by atoms with E-state index in [0.717, 1.165) is 5.75 Å². The smallest absolute Gasteiger partial charge is 0.223 e. The zero-order chi connectivity index (χ0) is 25.0. The zero-order valence-corrected chi connectivity index (χ0v) is 20.2. The van der Waals surface area contributed by atoms with Gasteiger partial charge in [0.2, 0.25) is 5.91 Å². The van der Waals surface area contributed by atoms with Gasteiger partial charge in [0.15, 0.2) is 5.78 Å². The number of amides is 1. The summed E-state index contributed by atoms with van der Waals surface area (Å²) in [6.07, 6.45) is -2.50. The fourth-order valence-electron chi connectivity index (χ4n) is 3.02. The molecule has 4 N–H and O–H groups in total. The third-order valence-corrected chi connectivity index (χ3v) is 4.96. The molecule has 1 aromatic carbocycles. The fourth-order valence-corrected chi connectivity index (χ4v) is 3.02. The average Bonchev–Trinajstić information content (AvgIpc) is 2.77. The number of para-hydroxylation sites is 1. The van der Waals surface area contributed by atoms with Crippen molar-refractivity contribution in [1.82, 2.24) is 5.32 Å². The number of aliphatic hydroxyl groups excluding tert-OH is 3. The molecule has 1 aromatic rings. The van der Waals surface area contributed by atoms with E-state index in [4.69, 9.17) is 9.47 Å². The van der Waals surface area contributed by atoms with E-state index < -0.39 is 36.1 Å². The maximum absolute atomic E-state index is 12.6. The molecule has 5 atom stereocenters. The van der Waals surface area contributed by atoms with Gasteiger partial charge >= 0.3 is 0 Å². The van der Waals surface area contributed by atoms with E-state index in [-0.39, 0.29) is 17.7 Å². The number of Topliss-reactive ketones (excluding diaryl/α,β-unsaturated/α-hetero) is 1. The molecule has 8 nitrogen and oxygen atoms in total. The summed E-state index contributed by atoms with van der Waals surface area (Å²) < 4.78 is 10.6. The van der Waals surface area contributed by atoms with Crippen molar-refractivity contribution in [2.45, 2.75) is 65.0 Å². The quantitative estimate of drug-likeness (QED) is 0.244. The van der Waals surface area contributed by atoms with Gasteiger partial charge in [-0.3, -0.25) is 9.59 Å². The predicted octanol–water partition coefficient (Wildman–Crippen LogP) is 1.87. The van der Waals surface area contributed by atoms with Crippen LogP contribution in [-0.2, 0) is 14.3 Å². The molecule has 186 valence electrons. The number of ketones is 1. The van der Waals surface area contributed by atoms with E-state index in [1.165, 1.54) is 13.2 Å². The molecular formula is C25H39NO7. The molecule has 0 aliphatic heterocycles. The van der Waals surface area contributed by atoms with Crippen molar-refractivity contribution in [2.24, 2.45) is 11.3 Å². The van der Waals surface area contributed by atoms with Crippen LogP contribution in [0.15, 0.2) is 42.5 Å². The number of ether oxygens (including phenoxy) is 2. The summed E-state index contributed by atoms with van der Waals surface area (Å²) in [7, 11) is 1.23. The molecule has 0 saturated heterocycles. The van der Waals surface area contributed by atoms with Crippen LogP contribution >= 0.6 is 0 Å². The highest BCUT2D eigenvalue weighted by atomic mass is 16.5. The first-order chi connectivity index (χ1) is 15.5. The van der Waals surface area contributed by atoms with Crippen LogP contribution in [0.1, 0.15) is 40.5 Å². The maximum Gasteiger partial charge on any atom is 0.223 e. The van der Waals surface area contributed by atoms with Crippen molar-refractivity contribution >= 4 is 11.7 Å². The van der Waals surface area contributed by atoms with Crippen molar-refractivity contribution in [3.63, 3.8) is 0 Å². The Bertz CT molecular complexity index is 745. The molecule has 0 unspecified atom stereocenters. The van der Waals surface area contributed by atoms with Crippen molar-refractivity contribution in [1.29, 1.82) is 0 Å². The number of nitrogens with one attached hydrogen (secondary N) is 1. The highest BCUT2D eigenvalue weighted by Gasteiger charge is 2.36. The van der Waals surface area contributed by atoms with Crippen molar-refractivity contribution in [3.8, 4) is 5.75 Å². The molecule has 0 aliphatic carbocycles. The second-order valence-electron chi connectivity index (χ2n) is 9.23. The Morgan fingerprint density at radius 1 is 1.09 bits per heavy atom. The molecule has 1 amide bonds. The predicted molar refractivity (Wildman–Crippen MR) is 126 cm³/mol. The minimum Gasteiger partial charge on any atom is -0.494 e. The third-order valence-electron chi connectivity index (χ3n) is 4.96. The number of carbonyl (C=O) groups is 2. The normalized spacial score (nSPS) is 16.6. The summed E-state index contributed by atoms with van der Waals surface area (Å²) in [5, 5.41) is 33.5. The molecule has 8 heteroatoms. The molecule has 0 spiro atoms. The van der Waals surface area contributed by atoms with E-state index >= 15 is 0 Å². The number of carbonyl (C=O) groups excluding carboxylic acids is 2. The molecule has 1 rings (SSSR count). The topological polar surface area (TPSA) is 125 Å². The lowest BCUT2D eigenvalue weighted by molar-refractivity contribution is -0.149. The second-order valence-corrected chi connectivity index (χ2v) is 9.23. The van der Waals surface area contributed by atoms with Crippen LogP contribution in [0.25, 0.3) is 0 Å². The van der Waals surface area contributed by atoms with Crippen LogP contribution in [-0.4, -0.2) is 71.7 Å². The average molecular weight is 466 g/mol. The SMILES string of the molecule is CO[C@@H](C(=O)C[C@@H](C)C(=O)NCCCOc1ccccc1)[C@H](O)[C@@H](O)[C@H](O)/C=C/C(C)(C)C. The van der Waals surface area contributed by atoms with E-state index in [9.17, 15) is 24.9 Å². The number of methoxy groups -OCH3 is 1. The minimum absolute atomic E-state index is 0.178. The number of rotatable bonds is 14. The maximum atomic E-state index is 12.6. The van der Waals surface area contributed by atoms with Gasteiger partial charge < -0.3 is 30.1 Å². The van der Waals surface area contributed by atoms with E-state index in [1.807, 2.05) is 51.1 Å². The van der Waals surface area contributed by atoms with Crippen LogP contribution in [0.5, 0.6) is 5.75 Å². The molecule has 0 radical (unpaired) electrons. The summed E-state index contributed by atoms with van der Waals surface area (Å²) >= 11 is 0. The molecule has 0 bridgehead atoms. The van der Waals surface area contributed by atoms with E-state index in [0.29, 0.717) is 19.6 Å². The molecule has 33 heavy (non-hydrogen) atoms. The Balaban J connectivity index is 2.48. The van der Waals surface area contributed by atoms with Gasteiger partial charge in [0.1, 0.15) is 30.2 Å². The summed E-state index contributed by atoms with van der Waals surface area (Å²) in [6.45, 7) is 8.20. The van der Waals surface area contributed by atoms with Gasteiger partial charge in [-0.25, -0.2) is 0 Å². The second kappa shape index (κ2) is 14.1. The Morgan fingerprint density at radius 3 is 2.30 bits per heavy atom. The Hall–Kier alpha value is -2.26. The van der Waals surface area contributed by atoms with Gasteiger partial charge in [-0.2, -0.15) is 0 Å². The van der Waals surface area contributed by atoms with Gasteiger partial charge in [0.25, 0.3) is 0 Å². The van der Waals surface area contributed by atoms with Crippen molar-refractivity contribution in [3.05, 3.63) is 42.5 Å². The molecule has 0 heterocycles. The summed E-state index contributed by atoms with van der Waals surface area (Å²) in [4.78, 5) is 24.9. The number of aliphatic hydroxyl groups is 3. The highest BCUT2D eigenvalue weighted by Crippen LogP contribution is 2.18. The summed E-state index contributed by atoms with van der Waals surface area (Å²) in [5.41, 5.74) is -0.224. The van der Waals surface area contributed by atoms with Gasteiger partial charge in [-0.05, 0) is 24.0 Å². The molecule has 0 saturated carbocycles. The zero-order valence-electron chi connectivity index (χ0n) is 20.2. The first kappa shape index (κ1) is 28.8. The van der Waals surface area contributed by atoms with Gasteiger partial charge in [-0.15, -0.1) is 0 Å². The largest absolute Gasteiger partial charge is 0.494 e. The first-order valence-corrected chi connectivity index (χ1v) is 11.2. The summed E-state index contributed by atoms with van der Waals surface area (Å²) in [6, 6.07) is 9.36. The lowest BCUT2D eigenvalue weighted by Crippen LogP contribution is -2.48. The van der Waals surface area contributed by atoms with Gasteiger partial charge in [0.05, 0.1) is 6.61 Å². The molecule has 0 aliphatic rings. The monoisotopic (exact) mass is 465 g/mol. The van der Waals surface area contributed by atoms with Crippen LogP contribution in [0, 0.1) is 11.3 Å². The van der Waals surface area contributed by atoms with Crippen LogP contribution < -0.4 is 10.1 Å². The number of allylic oxidation sites excluding steroid dienone is 1. The van der Waals surface area contributed by atoms with Crippen LogP contribution in [0.2, 0.25) is 0 Å². The molecular weight excluding hydrogens is 426 g/mol. The number of hydrogen-bond acceptors (Lipinski definition) is 7. The highest BCUT2D eigenvalue weighted by molar-refractivity contribution is 5.89. The lowest BCUT2D eigenvalue weighted by Gasteiger charge is -2.27. The Labute approximate surface area is 196 Å². The van der Waals surface area contributed by atoms with Gasteiger partial charge in [0, 0.05) is 26.0 Å². The van der Waals surface area contributed by atoms with Crippen LogP contribution in [0.3, 0.4) is 0 Å². The minimum atomic E-state index is -1.65. The molecule has 0 fully saturated rings. The summed E-state index contributed by atoms with van der Waals surface area (Å²) in [5.74, 6) is -0.736. The van der Waals surface area contributed by atoms with Gasteiger partial charge in [-0.1, -0.05) is 58.0 Å². The van der Waals surface area contributed by atoms with E-state index in [2.05, 4.69) is 5.32 Å². The Kier molecular flexibility index (Phi) is 12.3. The fraction of sp³-hybridized carbons (Fsp3) is 0.600. The number of hydrogen-bond donors (Lipinski definition) is 4. The number of benzene rings is 1. The molecule has 0 aromatic heterocycles.